The van der Waals surface area contributed by atoms with Gasteiger partial charge in [-0.3, -0.25) is 5.32 Å². The minimum atomic E-state index is 0.0711. The van der Waals surface area contributed by atoms with E-state index in [-0.39, 0.29) is 12.1 Å². The van der Waals surface area contributed by atoms with Crippen LogP contribution in [0.1, 0.15) is 31.9 Å². The molecule has 0 aromatic heterocycles. The van der Waals surface area contributed by atoms with Crippen molar-refractivity contribution in [3.05, 3.63) is 33.8 Å². The molecule has 2 atom stereocenters. The third-order valence-corrected chi connectivity index (χ3v) is 3.05. The maximum absolute atomic E-state index is 6.12. The summed E-state index contributed by atoms with van der Waals surface area (Å²) < 4.78 is 0. The molecule has 0 radical (unpaired) electrons. The molecule has 1 aromatic carbocycles. The Morgan fingerprint density at radius 3 is 2.62 bits per heavy atom. The highest BCUT2D eigenvalue weighted by atomic mass is 35.5. The van der Waals surface area contributed by atoms with E-state index >= 15 is 0 Å². The molecule has 0 aliphatic heterocycles. The maximum Gasteiger partial charge on any atom is 0.0688 e. The lowest BCUT2D eigenvalue weighted by atomic mass is 10.1. The van der Waals surface area contributed by atoms with E-state index in [2.05, 4.69) is 11.2 Å². The fraction of sp³-hybridized carbons (Fsp3) is 0.385. The molecule has 0 bridgehead atoms. The Morgan fingerprint density at radius 1 is 1.44 bits per heavy atom. The van der Waals surface area contributed by atoms with E-state index in [1.807, 2.05) is 26.0 Å². The van der Waals surface area contributed by atoms with E-state index in [1.54, 1.807) is 6.07 Å². The number of rotatable bonds is 4. The van der Waals surface area contributed by atoms with Gasteiger partial charge in [0.15, 0.2) is 0 Å². The third-order valence-electron chi connectivity index (χ3n) is 2.49. The SMILES string of the molecule is C#CC(CC)NC(C)c1ccc(Cl)cc1Cl. The summed E-state index contributed by atoms with van der Waals surface area (Å²) >= 11 is 12.0. The molecule has 0 saturated carbocycles. The molecule has 0 spiro atoms. The van der Waals surface area contributed by atoms with Crippen molar-refractivity contribution in [3.63, 3.8) is 0 Å². The summed E-state index contributed by atoms with van der Waals surface area (Å²) in [4.78, 5) is 0. The number of benzene rings is 1. The molecule has 1 rings (SSSR count). The highest BCUT2D eigenvalue weighted by Gasteiger charge is 2.12. The van der Waals surface area contributed by atoms with Crippen molar-refractivity contribution in [2.45, 2.75) is 32.4 Å². The van der Waals surface area contributed by atoms with Crippen molar-refractivity contribution in [1.82, 2.24) is 5.32 Å². The van der Waals surface area contributed by atoms with Crippen LogP contribution in [-0.4, -0.2) is 6.04 Å². The average Bonchev–Trinajstić information content (AvgIpc) is 2.25. The monoisotopic (exact) mass is 255 g/mol. The topological polar surface area (TPSA) is 12.0 Å². The normalized spacial score (nSPS) is 14.2. The summed E-state index contributed by atoms with van der Waals surface area (Å²) in [6.45, 7) is 4.09. The van der Waals surface area contributed by atoms with Gasteiger partial charge in [-0.1, -0.05) is 42.1 Å². The zero-order valence-electron chi connectivity index (χ0n) is 9.43. The molecule has 86 valence electrons. The Hall–Kier alpha value is -0.680. The van der Waals surface area contributed by atoms with Crippen molar-refractivity contribution in [3.8, 4) is 12.3 Å². The maximum atomic E-state index is 6.12. The van der Waals surface area contributed by atoms with Crippen LogP contribution >= 0.6 is 23.2 Å². The Labute approximate surface area is 107 Å². The van der Waals surface area contributed by atoms with E-state index in [0.29, 0.717) is 10.0 Å². The third kappa shape index (κ3) is 3.42. The fourth-order valence-corrected chi connectivity index (χ4v) is 2.10. The fourth-order valence-electron chi connectivity index (χ4n) is 1.53. The molecule has 1 nitrogen and oxygen atoms in total. The molecular formula is C13H15Cl2N. The van der Waals surface area contributed by atoms with Crippen LogP contribution in [0.2, 0.25) is 10.0 Å². The zero-order chi connectivity index (χ0) is 12.1. The molecule has 0 aliphatic rings. The largest absolute Gasteiger partial charge is 0.297 e. The second-order valence-corrected chi connectivity index (χ2v) is 4.53. The standard InChI is InChI=1S/C13H15Cl2N/c1-4-11(5-2)16-9(3)12-7-6-10(14)8-13(12)15/h1,6-9,11,16H,5H2,2-3H3. The Bertz CT molecular complexity index is 395. The molecule has 0 aliphatic carbocycles. The zero-order valence-corrected chi connectivity index (χ0v) is 10.9. The van der Waals surface area contributed by atoms with Crippen LogP contribution in [0, 0.1) is 12.3 Å². The predicted molar refractivity (Wildman–Crippen MR) is 70.9 cm³/mol. The molecule has 0 fully saturated rings. The van der Waals surface area contributed by atoms with Gasteiger partial charge in [-0.2, -0.15) is 0 Å². The molecule has 1 N–H and O–H groups in total. The summed E-state index contributed by atoms with van der Waals surface area (Å²) in [7, 11) is 0. The molecule has 0 heterocycles. The van der Waals surface area contributed by atoms with Crippen molar-refractivity contribution in [2.24, 2.45) is 0 Å². The van der Waals surface area contributed by atoms with E-state index in [0.717, 1.165) is 12.0 Å². The average molecular weight is 256 g/mol. The molecule has 3 heteroatoms. The lowest BCUT2D eigenvalue weighted by Gasteiger charge is -2.19. The lowest BCUT2D eigenvalue weighted by molar-refractivity contribution is 0.512. The Morgan fingerprint density at radius 2 is 2.12 bits per heavy atom. The molecular weight excluding hydrogens is 241 g/mol. The van der Waals surface area contributed by atoms with Gasteiger partial charge in [-0.05, 0) is 31.0 Å². The molecule has 0 amide bonds. The predicted octanol–water partition coefficient (Wildman–Crippen LogP) is 4.06. The van der Waals surface area contributed by atoms with Crippen LogP contribution in [0.4, 0.5) is 0 Å². The summed E-state index contributed by atoms with van der Waals surface area (Å²) in [6.07, 6.45) is 6.30. The van der Waals surface area contributed by atoms with Crippen LogP contribution in [0.5, 0.6) is 0 Å². The first-order valence-corrected chi connectivity index (χ1v) is 6.01. The number of terminal acetylenes is 1. The van der Waals surface area contributed by atoms with Gasteiger partial charge in [0.05, 0.1) is 6.04 Å². The van der Waals surface area contributed by atoms with Crippen LogP contribution in [0.15, 0.2) is 18.2 Å². The van der Waals surface area contributed by atoms with Crippen molar-refractivity contribution in [2.75, 3.05) is 0 Å². The van der Waals surface area contributed by atoms with Crippen LogP contribution in [0.3, 0.4) is 0 Å². The molecule has 0 saturated heterocycles. The first kappa shape index (κ1) is 13.4. The molecule has 1 aromatic rings. The van der Waals surface area contributed by atoms with Crippen LogP contribution < -0.4 is 5.32 Å². The van der Waals surface area contributed by atoms with E-state index in [1.165, 1.54) is 0 Å². The minimum absolute atomic E-state index is 0.0711. The van der Waals surface area contributed by atoms with Crippen molar-refractivity contribution in [1.29, 1.82) is 0 Å². The van der Waals surface area contributed by atoms with Gasteiger partial charge < -0.3 is 0 Å². The number of halogens is 2. The van der Waals surface area contributed by atoms with Gasteiger partial charge in [-0.25, -0.2) is 0 Å². The summed E-state index contributed by atoms with van der Waals surface area (Å²) in [6, 6.07) is 5.68. The van der Waals surface area contributed by atoms with Crippen molar-refractivity contribution >= 4 is 23.2 Å². The van der Waals surface area contributed by atoms with Gasteiger partial charge in [0, 0.05) is 16.1 Å². The van der Waals surface area contributed by atoms with Gasteiger partial charge in [0.1, 0.15) is 0 Å². The first-order valence-electron chi connectivity index (χ1n) is 5.25. The summed E-state index contributed by atoms with van der Waals surface area (Å²) in [5.41, 5.74) is 1.01. The smallest absolute Gasteiger partial charge is 0.0688 e. The summed E-state index contributed by atoms with van der Waals surface area (Å²) in [5, 5.41) is 4.64. The number of hydrogen-bond acceptors (Lipinski definition) is 1. The van der Waals surface area contributed by atoms with E-state index in [9.17, 15) is 0 Å². The van der Waals surface area contributed by atoms with Gasteiger partial charge >= 0.3 is 0 Å². The number of hydrogen-bond donors (Lipinski definition) is 1. The van der Waals surface area contributed by atoms with E-state index < -0.39 is 0 Å². The van der Waals surface area contributed by atoms with Crippen molar-refractivity contribution < 1.29 is 0 Å². The van der Waals surface area contributed by atoms with Gasteiger partial charge in [-0.15, -0.1) is 6.42 Å². The number of nitrogens with one attached hydrogen (secondary N) is 1. The van der Waals surface area contributed by atoms with Crippen LogP contribution in [-0.2, 0) is 0 Å². The Balaban J connectivity index is 2.81. The first-order chi connectivity index (χ1) is 7.58. The minimum Gasteiger partial charge on any atom is -0.297 e. The van der Waals surface area contributed by atoms with E-state index in [4.69, 9.17) is 29.6 Å². The lowest BCUT2D eigenvalue weighted by Crippen LogP contribution is -2.29. The highest BCUT2D eigenvalue weighted by Crippen LogP contribution is 2.26. The van der Waals surface area contributed by atoms with Crippen LogP contribution in [0.25, 0.3) is 0 Å². The van der Waals surface area contributed by atoms with Gasteiger partial charge in [0.2, 0.25) is 0 Å². The molecule has 16 heavy (non-hydrogen) atoms. The second-order valence-electron chi connectivity index (χ2n) is 3.68. The Kier molecular flexibility index (Phi) is 5.15. The van der Waals surface area contributed by atoms with Gasteiger partial charge in [0.25, 0.3) is 0 Å². The quantitative estimate of drug-likeness (QED) is 0.801. The summed E-state index contributed by atoms with van der Waals surface area (Å²) in [5.74, 6) is 2.70. The highest BCUT2D eigenvalue weighted by molar-refractivity contribution is 6.35. The molecule has 2 unspecified atom stereocenters. The second kappa shape index (κ2) is 6.15.